The third-order valence-electron chi connectivity index (χ3n) is 5.75. The molecule has 1 aliphatic heterocycles. The molecule has 2 N–H and O–H groups in total. The Labute approximate surface area is 179 Å². The Morgan fingerprint density at radius 1 is 1.23 bits per heavy atom. The van der Waals surface area contributed by atoms with Crippen molar-refractivity contribution in [2.45, 2.75) is 19.8 Å². The smallest absolute Gasteiger partial charge is 0.166 e. The van der Waals surface area contributed by atoms with Gasteiger partial charge in [-0.15, -0.1) is 0 Å². The molecular weight excluding hydrogens is 400 g/mol. The van der Waals surface area contributed by atoms with Crippen LogP contribution in [0.3, 0.4) is 0 Å². The number of piperidine rings is 1. The fourth-order valence-corrected chi connectivity index (χ4v) is 4.38. The Balaban J connectivity index is 1.58. The van der Waals surface area contributed by atoms with Crippen LogP contribution >= 0.6 is 11.6 Å². The molecule has 0 bridgehead atoms. The third-order valence-corrected chi connectivity index (χ3v) is 6.06. The van der Waals surface area contributed by atoms with Crippen LogP contribution < -0.4 is 10.2 Å². The highest BCUT2D eigenvalue weighted by molar-refractivity contribution is 6.33. The predicted octanol–water partition coefficient (Wildman–Crippen LogP) is 4.19. The number of anilines is 3. The van der Waals surface area contributed by atoms with Gasteiger partial charge < -0.3 is 15.3 Å². The molecule has 0 spiro atoms. The molecule has 1 atom stereocenters. The third kappa shape index (κ3) is 3.34. The number of nitrogens with zero attached hydrogens (tertiary/aromatic N) is 5. The second kappa shape index (κ2) is 7.74. The lowest BCUT2D eigenvalue weighted by atomic mass is 9.99. The second-order valence-electron chi connectivity index (χ2n) is 7.82. The Kier molecular flexibility index (Phi) is 4.92. The average Bonchev–Trinajstić information content (AvgIpc) is 3.27. The Morgan fingerprint density at radius 3 is 2.97 bits per heavy atom. The van der Waals surface area contributed by atoms with Crippen LogP contribution in [0, 0.1) is 12.8 Å². The maximum atomic E-state index is 9.55. The fraction of sp³-hybridized carbons (Fsp3) is 0.318. The summed E-state index contributed by atoms with van der Waals surface area (Å²) in [6.07, 6.45) is 5.65. The first-order valence-corrected chi connectivity index (χ1v) is 10.5. The first-order valence-electron chi connectivity index (χ1n) is 10.1. The van der Waals surface area contributed by atoms with E-state index < -0.39 is 0 Å². The van der Waals surface area contributed by atoms with Gasteiger partial charge in [-0.25, -0.2) is 15.0 Å². The number of aliphatic hydroxyl groups is 1. The fourth-order valence-electron chi connectivity index (χ4n) is 4.11. The van der Waals surface area contributed by atoms with Crippen LogP contribution in [-0.4, -0.2) is 44.2 Å². The number of rotatable bonds is 4. The van der Waals surface area contributed by atoms with Gasteiger partial charge in [-0.05, 0) is 49.4 Å². The quantitative estimate of drug-likeness (QED) is 0.513. The normalized spacial score (nSPS) is 17.0. The molecule has 154 valence electrons. The number of benzene rings is 1. The van der Waals surface area contributed by atoms with Crippen LogP contribution in [0.25, 0.3) is 16.7 Å². The number of halogens is 1. The molecule has 5 rings (SSSR count). The number of aryl methyl sites for hydroxylation is 1. The van der Waals surface area contributed by atoms with Gasteiger partial charge >= 0.3 is 0 Å². The lowest BCUT2D eigenvalue weighted by molar-refractivity contribution is 0.208. The van der Waals surface area contributed by atoms with Gasteiger partial charge in [0.25, 0.3) is 0 Å². The van der Waals surface area contributed by atoms with Crippen LogP contribution in [-0.2, 0) is 0 Å². The van der Waals surface area contributed by atoms with Gasteiger partial charge in [-0.3, -0.25) is 4.40 Å². The molecular formula is C22H23ClN6O. The number of aromatic nitrogens is 4. The number of fused-ring (bicyclic) bond motifs is 3. The summed E-state index contributed by atoms with van der Waals surface area (Å²) in [4.78, 5) is 16.3. The molecule has 1 fully saturated rings. The highest BCUT2D eigenvalue weighted by Crippen LogP contribution is 2.31. The van der Waals surface area contributed by atoms with E-state index in [1.54, 1.807) is 12.5 Å². The number of hydrogen-bond donors (Lipinski definition) is 2. The van der Waals surface area contributed by atoms with Crippen molar-refractivity contribution in [1.82, 2.24) is 19.4 Å². The lowest BCUT2D eigenvalue weighted by Crippen LogP contribution is -2.37. The number of pyridine rings is 1. The molecule has 0 radical (unpaired) electrons. The van der Waals surface area contributed by atoms with E-state index in [2.05, 4.69) is 15.2 Å². The molecule has 3 aromatic heterocycles. The van der Waals surface area contributed by atoms with Gasteiger partial charge in [-0.1, -0.05) is 23.7 Å². The van der Waals surface area contributed by atoms with E-state index in [0.717, 1.165) is 59.7 Å². The zero-order chi connectivity index (χ0) is 20.7. The lowest BCUT2D eigenvalue weighted by Gasteiger charge is -2.32. The summed E-state index contributed by atoms with van der Waals surface area (Å²) < 4.78 is 1.95. The van der Waals surface area contributed by atoms with E-state index in [1.165, 1.54) is 0 Å². The highest BCUT2D eigenvalue weighted by Gasteiger charge is 2.21. The predicted molar refractivity (Wildman–Crippen MR) is 120 cm³/mol. The topological polar surface area (TPSA) is 78.6 Å². The van der Waals surface area contributed by atoms with Gasteiger partial charge in [0, 0.05) is 19.7 Å². The number of imidazole rings is 1. The summed E-state index contributed by atoms with van der Waals surface area (Å²) in [5, 5.41) is 13.6. The van der Waals surface area contributed by atoms with Gasteiger partial charge in [0.1, 0.15) is 23.2 Å². The zero-order valence-electron chi connectivity index (χ0n) is 16.7. The number of para-hydroxylation sites is 1. The van der Waals surface area contributed by atoms with Crippen molar-refractivity contribution in [2.75, 3.05) is 29.9 Å². The van der Waals surface area contributed by atoms with Crippen molar-refractivity contribution in [1.29, 1.82) is 0 Å². The van der Waals surface area contributed by atoms with Crippen molar-refractivity contribution in [3.63, 3.8) is 0 Å². The van der Waals surface area contributed by atoms with Gasteiger partial charge in [-0.2, -0.15) is 0 Å². The molecule has 0 saturated carbocycles. The van der Waals surface area contributed by atoms with Crippen LogP contribution in [0.4, 0.5) is 17.3 Å². The summed E-state index contributed by atoms with van der Waals surface area (Å²) >= 11 is 6.40. The molecule has 1 aromatic carbocycles. The maximum absolute atomic E-state index is 9.55. The molecule has 4 aromatic rings. The van der Waals surface area contributed by atoms with E-state index in [9.17, 15) is 5.11 Å². The molecule has 0 amide bonds. The monoisotopic (exact) mass is 422 g/mol. The standard InChI is InChI=1S/C22H23ClN6O/c1-14-4-2-6-16(23)20(14)27-21-18-10-24-13-29(18)22-17(25-21)7-8-19(26-22)28-9-3-5-15(11-28)12-30/h2,4,6-8,10,13,15,30H,3,5,9,11-12H2,1H3,(H,25,27). The van der Waals surface area contributed by atoms with Crippen LogP contribution in [0.5, 0.6) is 0 Å². The minimum absolute atomic E-state index is 0.216. The first kappa shape index (κ1) is 19.1. The second-order valence-corrected chi connectivity index (χ2v) is 8.22. The Bertz CT molecular complexity index is 1200. The Hall–Kier alpha value is -2.90. The van der Waals surface area contributed by atoms with Crippen molar-refractivity contribution in [3.05, 3.63) is 53.4 Å². The van der Waals surface area contributed by atoms with Crippen molar-refractivity contribution < 1.29 is 5.11 Å². The van der Waals surface area contributed by atoms with Crippen molar-refractivity contribution in [3.8, 4) is 0 Å². The minimum Gasteiger partial charge on any atom is -0.396 e. The van der Waals surface area contributed by atoms with Gasteiger partial charge in [0.05, 0.1) is 16.9 Å². The first-order chi connectivity index (χ1) is 14.6. The molecule has 4 heterocycles. The molecule has 1 aliphatic rings. The molecule has 0 aliphatic carbocycles. The minimum atomic E-state index is 0.216. The van der Waals surface area contributed by atoms with E-state index in [1.807, 2.05) is 41.7 Å². The van der Waals surface area contributed by atoms with E-state index >= 15 is 0 Å². The van der Waals surface area contributed by atoms with Crippen LogP contribution in [0.15, 0.2) is 42.9 Å². The number of hydrogen-bond acceptors (Lipinski definition) is 6. The highest BCUT2D eigenvalue weighted by atomic mass is 35.5. The van der Waals surface area contributed by atoms with E-state index in [4.69, 9.17) is 21.6 Å². The molecule has 1 saturated heterocycles. The largest absolute Gasteiger partial charge is 0.396 e. The van der Waals surface area contributed by atoms with E-state index in [-0.39, 0.29) is 6.61 Å². The molecule has 8 heteroatoms. The van der Waals surface area contributed by atoms with Gasteiger partial charge in [0.15, 0.2) is 11.5 Å². The zero-order valence-corrected chi connectivity index (χ0v) is 17.5. The summed E-state index contributed by atoms with van der Waals surface area (Å²) in [6, 6.07) is 9.79. The summed E-state index contributed by atoms with van der Waals surface area (Å²) in [5.74, 6) is 1.89. The Morgan fingerprint density at radius 2 is 2.13 bits per heavy atom. The van der Waals surface area contributed by atoms with E-state index in [0.29, 0.717) is 16.8 Å². The number of aliphatic hydroxyl groups excluding tert-OH is 1. The van der Waals surface area contributed by atoms with Gasteiger partial charge in [0.2, 0.25) is 0 Å². The average molecular weight is 423 g/mol. The van der Waals surface area contributed by atoms with Crippen LogP contribution in [0.1, 0.15) is 18.4 Å². The molecule has 7 nitrogen and oxygen atoms in total. The van der Waals surface area contributed by atoms with Crippen LogP contribution in [0.2, 0.25) is 5.02 Å². The SMILES string of the molecule is Cc1cccc(Cl)c1Nc1nc2ccc(N3CCCC(CO)C3)nc2n2cncc12. The number of nitrogens with one attached hydrogen (secondary N) is 1. The van der Waals surface area contributed by atoms with Crippen molar-refractivity contribution in [2.24, 2.45) is 5.92 Å². The summed E-state index contributed by atoms with van der Waals surface area (Å²) in [7, 11) is 0. The van der Waals surface area contributed by atoms with Crippen molar-refractivity contribution >= 4 is 45.6 Å². The maximum Gasteiger partial charge on any atom is 0.166 e. The summed E-state index contributed by atoms with van der Waals surface area (Å²) in [6.45, 7) is 3.99. The molecule has 30 heavy (non-hydrogen) atoms. The summed E-state index contributed by atoms with van der Waals surface area (Å²) in [5.41, 5.74) is 4.24. The molecule has 1 unspecified atom stereocenters.